The van der Waals surface area contributed by atoms with Gasteiger partial charge in [-0.1, -0.05) is 6.42 Å². The molecule has 3 nitrogen and oxygen atoms in total. The fourth-order valence-corrected chi connectivity index (χ4v) is 2.40. The van der Waals surface area contributed by atoms with Crippen molar-refractivity contribution in [3.8, 4) is 0 Å². The predicted molar refractivity (Wildman–Crippen MR) is 53.8 cm³/mol. The van der Waals surface area contributed by atoms with Gasteiger partial charge in [0.05, 0.1) is 12.4 Å². The Kier molecular flexibility index (Phi) is 2.61. The molecule has 1 aliphatic rings. The van der Waals surface area contributed by atoms with Crippen molar-refractivity contribution in [1.82, 2.24) is 0 Å². The van der Waals surface area contributed by atoms with Crippen LogP contribution in [0.2, 0.25) is 0 Å². The van der Waals surface area contributed by atoms with Crippen LogP contribution in [-0.2, 0) is 6.42 Å². The average molecular weight is 195 g/mol. The Morgan fingerprint density at radius 2 is 2.50 bits per heavy atom. The number of hydrogen-bond donors (Lipinski definition) is 2. The molecule has 1 saturated carbocycles. The number of aliphatic hydroxyl groups is 1. The van der Waals surface area contributed by atoms with Gasteiger partial charge in [0, 0.05) is 18.4 Å². The number of rotatable bonds is 3. The molecular formula is C11H17NO2. The van der Waals surface area contributed by atoms with Gasteiger partial charge in [0.15, 0.2) is 0 Å². The van der Waals surface area contributed by atoms with E-state index in [9.17, 15) is 5.11 Å². The first-order valence-electron chi connectivity index (χ1n) is 5.17. The predicted octanol–water partition coefficient (Wildman–Crippen LogP) is 1.31. The van der Waals surface area contributed by atoms with Gasteiger partial charge in [0.1, 0.15) is 5.76 Å². The summed E-state index contributed by atoms with van der Waals surface area (Å²) in [4.78, 5) is 0. The molecule has 3 heteroatoms. The van der Waals surface area contributed by atoms with Crippen LogP contribution < -0.4 is 5.73 Å². The normalized spacial score (nSPS) is 32.3. The maximum atomic E-state index is 9.92. The van der Waals surface area contributed by atoms with Crippen molar-refractivity contribution in [2.75, 3.05) is 6.54 Å². The molecule has 0 aliphatic heterocycles. The standard InChI is InChI=1S/C11H17NO2/c12-8-11(5-1-4-10(11)13)7-9-3-2-6-14-9/h2-3,6,10,13H,1,4-5,7-8,12H2. The summed E-state index contributed by atoms with van der Waals surface area (Å²) in [6, 6.07) is 3.82. The van der Waals surface area contributed by atoms with Crippen molar-refractivity contribution in [2.45, 2.75) is 31.8 Å². The zero-order valence-electron chi connectivity index (χ0n) is 8.28. The summed E-state index contributed by atoms with van der Waals surface area (Å²) < 4.78 is 5.30. The molecule has 0 amide bonds. The zero-order chi connectivity index (χ0) is 10.0. The van der Waals surface area contributed by atoms with Crippen LogP contribution >= 0.6 is 0 Å². The van der Waals surface area contributed by atoms with Crippen molar-refractivity contribution in [3.05, 3.63) is 24.2 Å². The van der Waals surface area contributed by atoms with E-state index in [1.54, 1.807) is 6.26 Å². The van der Waals surface area contributed by atoms with Crippen LogP contribution in [0.3, 0.4) is 0 Å². The summed E-state index contributed by atoms with van der Waals surface area (Å²) in [7, 11) is 0. The fourth-order valence-electron chi connectivity index (χ4n) is 2.40. The first kappa shape index (κ1) is 9.74. The fraction of sp³-hybridized carbons (Fsp3) is 0.636. The molecule has 0 bridgehead atoms. The van der Waals surface area contributed by atoms with E-state index in [1.165, 1.54) is 0 Å². The number of furan rings is 1. The van der Waals surface area contributed by atoms with Crippen molar-refractivity contribution < 1.29 is 9.52 Å². The van der Waals surface area contributed by atoms with Gasteiger partial charge in [-0.15, -0.1) is 0 Å². The molecule has 2 rings (SSSR count). The minimum Gasteiger partial charge on any atom is -0.469 e. The van der Waals surface area contributed by atoms with Crippen LogP contribution in [0.15, 0.2) is 22.8 Å². The minimum atomic E-state index is -0.266. The van der Waals surface area contributed by atoms with Gasteiger partial charge in [0.2, 0.25) is 0 Å². The molecule has 0 radical (unpaired) electrons. The van der Waals surface area contributed by atoms with Crippen LogP contribution in [0.5, 0.6) is 0 Å². The van der Waals surface area contributed by atoms with Gasteiger partial charge in [-0.3, -0.25) is 0 Å². The lowest BCUT2D eigenvalue weighted by Gasteiger charge is -2.30. The maximum Gasteiger partial charge on any atom is 0.104 e. The van der Waals surface area contributed by atoms with E-state index >= 15 is 0 Å². The Morgan fingerprint density at radius 1 is 1.64 bits per heavy atom. The monoisotopic (exact) mass is 195 g/mol. The smallest absolute Gasteiger partial charge is 0.104 e. The number of aliphatic hydroxyl groups excluding tert-OH is 1. The van der Waals surface area contributed by atoms with Gasteiger partial charge >= 0.3 is 0 Å². The van der Waals surface area contributed by atoms with E-state index in [2.05, 4.69) is 0 Å². The van der Waals surface area contributed by atoms with E-state index < -0.39 is 0 Å². The van der Waals surface area contributed by atoms with Gasteiger partial charge in [-0.2, -0.15) is 0 Å². The molecule has 3 N–H and O–H groups in total. The third-order valence-corrected chi connectivity index (χ3v) is 3.37. The quantitative estimate of drug-likeness (QED) is 0.764. The number of nitrogens with two attached hydrogens (primary N) is 1. The van der Waals surface area contributed by atoms with Crippen LogP contribution in [0.25, 0.3) is 0 Å². The summed E-state index contributed by atoms with van der Waals surface area (Å²) in [6.07, 6.45) is 5.11. The summed E-state index contributed by atoms with van der Waals surface area (Å²) in [5.41, 5.74) is 5.63. The van der Waals surface area contributed by atoms with Crippen LogP contribution in [0.4, 0.5) is 0 Å². The molecule has 1 aliphatic carbocycles. The zero-order valence-corrected chi connectivity index (χ0v) is 8.28. The molecule has 1 aromatic rings. The summed E-state index contributed by atoms with van der Waals surface area (Å²) in [5, 5.41) is 9.92. The minimum absolute atomic E-state index is 0.141. The Bertz CT molecular complexity index is 283. The summed E-state index contributed by atoms with van der Waals surface area (Å²) >= 11 is 0. The highest BCUT2D eigenvalue weighted by Gasteiger charge is 2.41. The Morgan fingerprint density at radius 3 is 3.00 bits per heavy atom. The Labute approximate surface area is 83.9 Å². The second-order valence-electron chi connectivity index (χ2n) is 4.23. The van der Waals surface area contributed by atoms with E-state index in [0.29, 0.717) is 6.54 Å². The Hall–Kier alpha value is -0.800. The molecule has 2 unspecified atom stereocenters. The Balaban J connectivity index is 2.13. The van der Waals surface area contributed by atoms with E-state index in [4.69, 9.17) is 10.2 Å². The lowest BCUT2D eigenvalue weighted by molar-refractivity contribution is 0.0550. The molecule has 1 fully saturated rings. The SMILES string of the molecule is NCC1(Cc2ccco2)CCCC1O. The van der Waals surface area contributed by atoms with Gasteiger partial charge < -0.3 is 15.3 Å². The third kappa shape index (κ3) is 1.57. The molecule has 14 heavy (non-hydrogen) atoms. The molecular weight excluding hydrogens is 178 g/mol. The van der Waals surface area contributed by atoms with E-state index in [-0.39, 0.29) is 11.5 Å². The van der Waals surface area contributed by atoms with E-state index in [0.717, 1.165) is 31.4 Å². The third-order valence-electron chi connectivity index (χ3n) is 3.37. The van der Waals surface area contributed by atoms with E-state index in [1.807, 2.05) is 12.1 Å². The first-order chi connectivity index (χ1) is 6.77. The van der Waals surface area contributed by atoms with Crippen molar-refractivity contribution in [1.29, 1.82) is 0 Å². The second kappa shape index (κ2) is 3.75. The van der Waals surface area contributed by atoms with Crippen LogP contribution in [0, 0.1) is 5.41 Å². The van der Waals surface area contributed by atoms with Gasteiger partial charge in [0.25, 0.3) is 0 Å². The lowest BCUT2D eigenvalue weighted by Crippen LogP contribution is -2.39. The highest BCUT2D eigenvalue weighted by molar-refractivity contribution is 5.06. The maximum absolute atomic E-state index is 9.92. The average Bonchev–Trinajstić information content (AvgIpc) is 2.79. The number of hydrogen-bond acceptors (Lipinski definition) is 3. The van der Waals surface area contributed by atoms with Crippen molar-refractivity contribution in [3.63, 3.8) is 0 Å². The highest BCUT2D eigenvalue weighted by Crippen LogP contribution is 2.40. The largest absolute Gasteiger partial charge is 0.469 e. The molecule has 78 valence electrons. The molecule has 1 heterocycles. The lowest BCUT2D eigenvalue weighted by atomic mass is 9.80. The first-order valence-corrected chi connectivity index (χ1v) is 5.17. The highest BCUT2D eigenvalue weighted by atomic mass is 16.3. The molecule has 0 aromatic carbocycles. The molecule has 0 spiro atoms. The van der Waals surface area contributed by atoms with Gasteiger partial charge in [-0.25, -0.2) is 0 Å². The van der Waals surface area contributed by atoms with Crippen LogP contribution in [0.1, 0.15) is 25.0 Å². The summed E-state index contributed by atoms with van der Waals surface area (Å²) in [5.74, 6) is 0.927. The second-order valence-corrected chi connectivity index (χ2v) is 4.23. The van der Waals surface area contributed by atoms with Gasteiger partial charge in [-0.05, 0) is 25.0 Å². The van der Waals surface area contributed by atoms with Crippen molar-refractivity contribution in [2.24, 2.45) is 11.1 Å². The topological polar surface area (TPSA) is 59.4 Å². The van der Waals surface area contributed by atoms with Crippen molar-refractivity contribution >= 4 is 0 Å². The molecule has 1 aromatic heterocycles. The summed E-state index contributed by atoms with van der Waals surface area (Å²) in [6.45, 7) is 0.537. The molecule has 2 atom stereocenters. The molecule has 0 saturated heterocycles. The van der Waals surface area contributed by atoms with Crippen LogP contribution in [-0.4, -0.2) is 17.8 Å².